The van der Waals surface area contributed by atoms with Crippen molar-refractivity contribution in [3.05, 3.63) is 0 Å². The fourth-order valence-corrected chi connectivity index (χ4v) is 4.40. The lowest BCUT2D eigenvalue weighted by molar-refractivity contribution is -0.204. The van der Waals surface area contributed by atoms with Gasteiger partial charge >= 0.3 is 5.97 Å². The zero-order valence-electron chi connectivity index (χ0n) is 16.0. The Balaban J connectivity index is 1.44. The number of piperidine rings is 2. The molecule has 3 heterocycles. The highest BCUT2D eigenvalue weighted by atomic mass is 16.7. The molecule has 0 aliphatic carbocycles. The van der Waals surface area contributed by atoms with Crippen LogP contribution in [0, 0.1) is 11.8 Å². The van der Waals surface area contributed by atoms with E-state index in [2.05, 4.69) is 15.5 Å². The summed E-state index contributed by atoms with van der Waals surface area (Å²) in [6.45, 7) is 8.97. The molecule has 3 aliphatic heterocycles. The van der Waals surface area contributed by atoms with Crippen molar-refractivity contribution in [2.75, 3.05) is 52.4 Å². The molecule has 0 saturated carbocycles. The first-order chi connectivity index (χ1) is 12.6. The molecule has 0 aromatic rings. The summed E-state index contributed by atoms with van der Waals surface area (Å²) in [6, 6.07) is 0.652. The average molecular weight is 367 g/mol. The molecule has 3 rings (SSSR count). The summed E-state index contributed by atoms with van der Waals surface area (Å²) < 4.78 is 0. The Morgan fingerprint density at radius 2 is 1.54 bits per heavy atom. The molecule has 1 unspecified atom stereocenters. The fourth-order valence-electron chi connectivity index (χ4n) is 4.40. The number of carbonyl (C=O) groups excluding carboxylic acids is 2. The monoisotopic (exact) mass is 366 g/mol. The van der Waals surface area contributed by atoms with Gasteiger partial charge in [0.05, 0.1) is 0 Å². The van der Waals surface area contributed by atoms with Crippen molar-refractivity contribution in [3.8, 4) is 0 Å². The van der Waals surface area contributed by atoms with Crippen molar-refractivity contribution in [2.24, 2.45) is 11.8 Å². The van der Waals surface area contributed by atoms with Gasteiger partial charge in [0.2, 0.25) is 0 Å². The highest BCUT2D eigenvalue weighted by Crippen LogP contribution is 2.23. The highest BCUT2D eigenvalue weighted by molar-refractivity contribution is 5.97. The zero-order chi connectivity index (χ0) is 18.4. The third-order valence-corrected chi connectivity index (χ3v) is 6.12. The molecule has 26 heavy (non-hydrogen) atoms. The van der Waals surface area contributed by atoms with Gasteiger partial charge in [-0.05, 0) is 71.1 Å². The maximum absolute atomic E-state index is 12.6. The summed E-state index contributed by atoms with van der Waals surface area (Å²) in [7, 11) is 0. The minimum atomic E-state index is -0.611. The first-order valence-electron chi connectivity index (χ1n) is 10.3. The molecule has 1 atom stereocenters. The van der Waals surface area contributed by atoms with Gasteiger partial charge in [0.15, 0.2) is 0 Å². The fraction of sp³-hybridized carbons (Fsp3) is 0.895. The van der Waals surface area contributed by atoms with Crippen LogP contribution >= 0.6 is 0 Å². The maximum Gasteiger partial charge on any atom is 0.335 e. The number of carbonyl (C=O) groups is 2. The Morgan fingerprint density at radius 3 is 2.12 bits per heavy atom. The highest BCUT2D eigenvalue weighted by Gasteiger charge is 2.32. The van der Waals surface area contributed by atoms with E-state index in [1.807, 2.05) is 0 Å². The SMILES string of the molecule is CC(=O)C(CC1CCNCC1)C(=O)ON1CCN(C2CCNCC2)CC1. The predicted octanol–water partition coefficient (Wildman–Crippen LogP) is 0.409. The van der Waals surface area contributed by atoms with Gasteiger partial charge in [0.1, 0.15) is 11.7 Å². The molecule has 3 fully saturated rings. The number of hydrogen-bond acceptors (Lipinski definition) is 7. The van der Waals surface area contributed by atoms with Gasteiger partial charge in [-0.1, -0.05) is 0 Å². The van der Waals surface area contributed by atoms with E-state index in [0.29, 0.717) is 18.4 Å². The second-order valence-corrected chi connectivity index (χ2v) is 7.95. The Morgan fingerprint density at radius 1 is 0.962 bits per heavy atom. The Bertz CT molecular complexity index is 467. The van der Waals surface area contributed by atoms with E-state index in [1.54, 1.807) is 5.06 Å². The van der Waals surface area contributed by atoms with E-state index in [4.69, 9.17) is 4.84 Å². The topological polar surface area (TPSA) is 73.9 Å². The van der Waals surface area contributed by atoms with Crippen LogP contribution < -0.4 is 10.6 Å². The van der Waals surface area contributed by atoms with E-state index < -0.39 is 5.92 Å². The van der Waals surface area contributed by atoms with Gasteiger partial charge in [-0.15, -0.1) is 5.06 Å². The Labute approximate surface area is 156 Å². The number of piperazine rings is 1. The number of hydroxylamine groups is 2. The summed E-state index contributed by atoms with van der Waals surface area (Å²) >= 11 is 0. The molecule has 2 N–H and O–H groups in total. The van der Waals surface area contributed by atoms with Crippen LogP contribution in [0.2, 0.25) is 0 Å². The zero-order valence-corrected chi connectivity index (χ0v) is 16.0. The third-order valence-electron chi connectivity index (χ3n) is 6.12. The molecular weight excluding hydrogens is 332 g/mol. The molecule has 0 aromatic carbocycles. The minimum absolute atomic E-state index is 0.0677. The van der Waals surface area contributed by atoms with Gasteiger partial charge in [-0.3, -0.25) is 9.69 Å². The van der Waals surface area contributed by atoms with Gasteiger partial charge in [-0.25, -0.2) is 4.79 Å². The van der Waals surface area contributed by atoms with Gasteiger partial charge in [0.25, 0.3) is 0 Å². The van der Waals surface area contributed by atoms with Crippen LogP contribution in [0.1, 0.15) is 39.0 Å². The number of nitrogens with zero attached hydrogens (tertiary/aromatic N) is 2. The van der Waals surface area contributed by atoms with Crippen LogP contribution in [0.4, 0.5) is 0 Å². The number of Topliss-reactive ketones (excluding diaryl/α,β-unsaturated/α-hetero) is 1. The van der Waals surface area contributed by atoms with Gasteiger partial charge < -0.3 is 15.5 Å². The molecule has 0 radical (unpaired) electrons. The van der Waals surface area contributed by atoms with Crippen molar-refractivity contribution in [2.45, 2.75) is 45.1 Å². The first kappa shape index (κ1) is 19.7. The van der Waals surface area contributed by atoms with Crippen LogP contribution in [0.15, 0.2) is 0 Å². The molecular formula is C19H34N4O3. The van der Waals surface area contributed by atoms with Crippen LogP contribution in [-0.2, 0) is 14.4 Å². The molecule has 0 amide bonds. The molecule has 3 aliphatic rings. The second-order valence-electron chi connectivity index (χ2n) is 7.95. The van der Waals surface area contributed by atoms with Crippen LogP contribution in [0.5, 0.6) is 0 Å². The van der Waals surface area contributed by atoms with E-state index in [9.17, 15) is 9.59 Å². The summed E-state index contributed by atoms with van der Waals surface area (Å²) in [5.74, 6) is -0.594. The number of hydrogen-bond donors (Lipinski definition) is 2. The van der Waals surface area contributed by atoms with E-state index in [0.717, 1.165) is 65.2 Å². The number of ketones is 1. The summed E-state index contributed by atoms with van der Waals surface area (Å²) in [4.78, 5) is 32.7. The average Bonchev–Trinajstić information content (AvgIpc) is 2.68. The maximum atomic E-state index is 12.6. The van der Waals surface area contributed by atoms with Crippen molar-refractivity contribution >= 4 is 11.8 Å². The molecule has 0 bridgehead atoms. The van der Waals surface area contributed by atoms with E-state index in [-0.39, 0.29) is 11.8 Å². The Hall–Kier alpha value is -1.02. The standard InChI is InChI=1S/C19H34N4O3/c1-15(24)18(14-16-2-6-20-7-3-16)19(25)26-23-12-10-22(11-13-23)17-4-8-21-9-5-17/h16-18,20-21H,2-14H2,1H3. The normalized spacial score (nSPS) is 25.7. The van der Waals surface area contributed by atoms with E-state index >= 15 is 0 Å². The molecule has 148 valence electrons. The summed E-state index contributed by atoms with van der Waals surface area (Å²) in [5, 5.41) is 8.49. The van der Waals surface area contributed by atoms with Crippen molar-refractivity contribution in [1.82, 2.24) is 20.6 Å². The molecule has 0 aromatic heterocycles. The summed E-state index contributed by atoms with van der Waals surface area (Å²) in [5.41, 5.74) is 0. The summed E-state index contributed by atoms with van der Waals surface area (Å²) in [6.07, 6.45) is 5.09. The van der Waals surface area contributed by atoms with Crippen LogP contribution in [-0.4, -0.2) is 80.1 Å². The van der Waals surface area contributed by atoms with Gasteiger partial charge in [-0.2, -0.15) is 0 Å². The smallest absolute Gasteiger partial charge is 0.335 e. The quantitative estimate of drug-likeness (QED) is 0.660. The lowest BCUT2D eigenvalue weighted by Gasteiger charge is -2.40. The van der Waals surface area contributed by atoms with Crippen LogP contribution in [0.3, 0.4) is 0 Å². The second kappa shape index (κ2) is 9.78. The predicted molar refractivity (Wildman–Crippen MR) is 99.5 cm³/mol. The molecule has 7 nitrogen and oxygen atoms in total. The molecule has 3 saturated heterocycles. The van der Waals surface area contributed by atoms with Crippen LogP contribution in [0.25, 0.3) is 0 Å². The number of nitrogens with one attached hydrogen (secondary N) is 2. The lowest BCUT2D eigenvalue weighted by atomic mass is 9.86. The minimum Gasteiger partial charge on any atom is -0.367 e. The third kappa shape index (κ3) is 5.49. The first-order valence-corrected chi connectivity index (χ1v) is 10.3. The van der Waals surface area contributed by atoms with Crippen molar-refractivity contribution in [1.29, 1.82) is 0 Å². The number of rotatable bonds is 6. The Kier molecular flexibility index (Phi) is 7.42. The lowest BCUT2D eigenvalue weighted by Crippen LogP contribution is -2.53. The van der Waals surface area contributed by atoms with E-state index in [1.165, 1.54) is 19.8 Å². The van der Waals surface area contributed by atoms with Gasteiger partial charge in [0, 0.05) is 32.2 Å². The largest absolute Gasteiger partial charge is 0.367 e. The molecule has 0 spiro atoms. The molecule has 7 heteroatoms. The van der Waals surface area contributed by atoms with Crippen molar-refractivity contribution < 1.29 is 14.4 Å². The van der Waals surface area contributed by atoms with Crippen molar-refractivity contribution in [3.63, 3.8) is 0 Å².